The molecule has 1 unspecified atom stereocenters. The third-order valence-corrected chi connectivity index (χ3v) is 9.36. The number of amides is 1. The molecule has 0 aromatic heterocycles. The van der Waals surface area contributed by atoms with Crippen LogP contribution in [0.3, 0.4) is 0 Å². The van der Waals surface area contributed by atoms with Crippen molar-refractivity contribution in [1.29, 1.82) is 0 Å². The van der Waals surface area contributed by atoms with Gasteiger partial charge in [-0.15, -0.1) is 0 Å². The minimum atomic E-state index is -5.06. The molecule has 39 heavy (non-hydrogen) atoms. The molecule has 1 saturated carbocycles. The summed E-state index contributed by atoms with van der Waals surface area (Å²) in [5.41, 5.74) is -2.23. The predicted molar refractivity (Wildman–Crippen MR) is 134 cm³/mol. The van der Waals surface area contributed by atoms with Crippen LogP contribution >= 0.6 is 0 Å². The molecule has 0 bridgehead atoms. The lowest BCUT2D eigenvalue weighted by molar-refractivity contribution is -0.228. The van der Waals surface area contributed by atoms with Gasteiger partial charge in [0, 0.05) is 23.9 Å². The number of aryl methyl sites for hydroxylation is 1. The smallest absolute Gasteiger partial charge is 0.426 e. The number of aliphatic carboxylic acids is 1. The van der Waals surface area contributed by atoms with Crippen molar-refractivity contribution in [3.63, 3.8) is 0 Å². The van der Waals surface area contributed by atoms with E-state index in [2.05, 4.69) is 0 Å². The number of carboxylic acid groups (broad SMARTS) is 1. The highest BCUT2D eigenvalue weighted by molar-refractivity contribution is 5.80. The van der Waals surface area contributed by atoms with Crippen LogP contribution in [-0.2, 0) is 33.5 Å². The number of carbonyl (C=O) groups is 2. The number of nitrogens with zero attached hydrogens (tertiary/aromatic N) is 1. The van der Waals surface area contributed by atoms with E-state index < -0.39 is 34.7 Å². The van der Waals surface area contributed by atoms with Gasteiger partial charge in [0.2, 0.25) is 11.6 Å². The molecule has 1 N–H and O–H groups in total. The first-order valence-corrected chi connectivity index (χ1v) is 13.5. The number of rotatable bonds is 5. The molecule has 2 aromatic rings. The fourth-order valence-electron chi connectivity index (χ4n) is 7.07. The molecule has 9 heteroatoms. The second-order valence-electron chi connectivity index (χ2n) is 11.6. The van der Waals surface area contributed by atoms with Crippen molar-refractivity contribution in [2.45, 2.75) is 81.6 Å². The van der Waals surface area contributed by atoms with Gasteiger partial charge in [0.05, 0.1) is 5.92 Å². The van der Waals surface area contributed by atoms with Crippen molar-refractivity contribution in [2.75, 3.05) is 6.54 Å². The molecule has 3 aliphatic rings. The van der Waals surface area contributed by atoms with E-state index in [1.807, 2.05) is 4.90 Å². The molecule has 2 aliphatic carbocycles. The maximum absolute atomic E-state index is 14.8. The zero-order chi connectivity index (χ0) is 28.2. The number of halogens is 5. The van der Waals surface area contributed by atoms with Crippen molar-refractivity contribution in [1.82, 2.24) is 4.90 Å². The SMILES string of the molecule is CC(F)(c1ccc2c(c1)CC[C@@H]1N(C(=O)C3CCC(C(=O)O)CC3)CC[C@]21Cc1ccc(F)cc1)C(F)(F)F. The number of alkyl halides is 4. The van der Waals surface area contributed by atoms with E-state index in [1.54, 1.807) is 18.2 Å². The number of likely N-dealkylation sites (tertiary alicyclic amines) is 1. The van der Waals surface area contributed by atoms with Gasteiger partial charge in [0.1, 0.15) is 5.82 Å². The first-order chi connectivity index (χ1) is 18.3. The molecule has 1 heterocycles. The summed E-state index contributed by atoms with van der Waals surface area (Å²) in [6.45, 7) is 0.998. The Morgan fingerprint density at radius 2 is 1.62 bits per heavy atom. The van der Waals surface area contributed by atoms with Crippen LogP contribution < -0.4 is 0 Å². The fourth-order valence-corrected chi connectivity index (χ4v) is 7.07. The Morgan fingerprint density at radius 3 is 2.23 bits per heavy atom. The van der Waals surface area contributed by atoms with Gasteiger partial charge < -0.3 is 10.0 Å². The largest absolute Gasteiger partial charge is 0.481 e. The molecular weight excluding hydrogens is 517 g/mol. The number of benzene rings is 2. The van der Waals surface area contributed by atoms with Crippen molar-refractivity contribution in [3.8, 4) is 0 Å². The molecule has 3 atom stereocenters. The zero-order valence-electron chi connectivity index (χ0n) is 21.7. The molecule has 2 fully saturated rings. The van der Waals surface area contributed by atoms with Crippen molar-refractivity contribution in [2.24, 2.45) is 11.8 Å². The summed E-state index contributed by atoms with van der Waals surface area (Å²) in [7, 11) is 0. The van der Waals surface area contributed by atoms with Gasteiger partial charge in [-0.3, -0.25) is 9.59 Å². The first-order valence-electron chi connectivity index (χ1n) is 13.5. The van der Waals surface area contributed by atoms with E-state index >= 15 is 0 Å². The Labute approximate surface area is 224 Å². The number of hydrogen-bond acceptors (Lipinski definition) is 2. The van der Waals surface area contributed by atoms with Gasteiger partial charge in [0.15, 0.2) is 0 Å². The van der Waals surface area contributed by atoms with Crippen LogP contribution in [0.25, 0.3) is 0 Å². The monoisotopic (exact) mass is 549 g/mol. The van der Waals surface area contributed by atoms with Crippen LogP contribution in [0, 0.1) is 17.7 Å². The minimum absolute atomic E-state index is 0.00158. The Morgan fingerprint density at radius 1 is 0.974 bits per heavy atom. The third kappa shape index (κ3) is 4.82. The first kappa shape index (κ1) is 27.6. The predicted octanol–water partition coefficient (Wildman–Crippen LogP) is 6.49. The van der Waals surface area contributed by atoms with Crippen LogP contribution in [0.5, 0.6) is 0 Å². The Balaban J connectivity index is 1.49. The van der Waals surface area contributed by atoms with E-state index in [4.69, 9.17) is 0 Å². The Hall–Kier alpha value is -2.97. The molecule has 1 amide bonds. The third-order valence-electron chi connectivity index (χ3n) is 9.36. The van der Waals surface area contributed by atoms with Crippen LogP contribution in [0.15, 0.2) is 42.5 Å². The molecule has 0 spiro atoms. The molecular formula is C30H32F5NO3. The van der Waals surface area contributed by atoms with E-state index in [-0.39, 0.29) is 23.7 Å². The summed E-state index contributed by atoms with van der Waals surface area (Å²) in [4.78, 5) is 27.0. The summed E-state index contributed by atoms with van der Waals surface area (Å²) < 4.78 is 68.9. The second-order valence-corrected chi connectivity index (χ2v) is 11.6. The molecule has 1 aliphatic heterocycles. The normalized spacial score (nSPS) is 28.4. The summed E-state index contributed by atoms with van der Waals surface area (Å²) >= 11 is 0. The number of fused-ring (bicyclic) bond motifs is 3. The highest BCUT2D eigenvalue weighted by Gasteiger charge is 2.56. The van der Waals surface area contributed by atoms with E-state index in [0.29, 0.717) is 70.4 Å². The molecule has 1 saturated heterocycles. The van der Waals surface area contributed by atoms with Gasteiger partial charge in [-0.1, -0.05) is 30.3 Å². The minimum Gasteiger partial charge on any atom is -0.481 e. The summed E-state index contributed by atoms with van der Waals surface area (Å²) in [5.74, 6) is -1.91. The molecule has 0 radical (unpaired) electrons. The van der Waals surface area contributed by atoms with Crippen LogP contribution in [0.1, 0.15) is 67.7 Å². The molecule has 5 rings (SSSR count). The standard InChI is InChI=1S/C30H32F5NO3/c1-28(32,30(33,34)35)22-9-12-24-21(16-22)8-13-25-29(24,17-18-2-10-23(31)11-3-18)14-15-36(25)26(37)19-4-6-20(7-5-19)27(38)39/h2-3,9-12,16,19-20,25H,4-8,13-15,17H2,1H3,(H,38,39)/t19?,20?,25-,28?,29-/m0/s1. The quantitative estimate of drug-likeness (QED) is 0.434. The lowest BCUT2D eigenvalue weighted by atomic mass is 9.63. The van der Waals surface area contributed by atoms with Crippen molar-refractivity contribution < 1.29 is 36.6 Å². The summed E-state index contributed by atoms with van der Waals surface area (Å²) in [6.07, 6.45) is -1.16. The maximum Gasteiger partial charge on any atom is 0.426 e. The van der Waals surface area contributed by atoms with Gasteiger partial charge in [-0.05, 0) is 92.7 Å². The average Bonchev–Trinajstić information content (AvgIpc) is 3.28. The molecule has 2 aromatic carbocycles. The highest BCUT2D eigenvalue weighted by atomic mass is 19.4. The zero-order valence-corrected chi connectivity index (χ0v) is 21.7. The molecule has 210 valence electrons. The van der Waals surface area contributed by atoms with Crippen molar-refractivity contribution in [3.05, 3.63) is 70.5 Å². The average molecular weight is 550 g/mol. The lowest BCUT2D eigenvalue weighted by Gasteiger charge is -2.45. The topological polar surface area (TPSA) is 57.6 Å². The van der Waals surface area contributed by atoms with Gasteiger partial charge >= 0.3 is 12.1 Å². The summed E-state index contributed by atoms with van der Waals surface area (Å²) in [5, 5.41) is 9.32. The number of carbonyl (C=O) groups excluding carboxylic acids is 1. The highest BCUT2D eigenvalue weighted by Crippen LogP contribution is 2.51. The van der Waals surface area contributed by atoms with Gasteiger partial charge in [-0.2, -0.15) is 13.2 Å². The fraction of sp³-hybridized carbons (Fsp3) is 0.533. The Kier molecular flexibility index (Phi) is 7.00. The van der Waals surface area contributed by atoms with E-state index in [0.717, 1.165) is 11.1 Å². The number of hydrogen-bond donors (Lipinski definition) is 1. The van der Waals surface area contributed by atoms with Gasteiger partial charge in [-0.25, -0.2) is 8.78 Å². The van der Waals surface area contributed by atoms with E-state index in [1.165, 1.54) is 24.3 Å². The van der Waals surface area contributed by atoms with E-state index in [9.17, 15) is 36.6 Å². The molecule has 4 nitrogen and oxygen atoms in total. The van der Waals surface area contributed by atoms with Gasteiger partial charge in [0.25, 0.3) is 0 Å². The van der Waals surface area contributed by atoms with Crippen LogP contribution in [0.4, 0.5) is 22.0 Å². The van der Waals surface area contributed by atoms with Crippen LogP contribution in [0.2, 0.25) is 0 Å². The van der Waals surface area contributed by atoms with Crippen molar-refractivity contribution >= 4 is 11.9 Å². The van der Waals surface area contributed by atoms with Crippen LogP contribution in [-0.4, -0.2) is 40.6 Å². The Bertz CT molecular complexity index is 1250. The number of carboxylic acids is 1. The maximum atomic E-state index is 14.8. The second kappa shape index (κ2) is 9.89. The lowest BCUT2D eigenvalue weighted by Crippen LogP contribution is -2.51. The summed E-state index contributed by atoms with van der Waals surface area (Å²) in [6, 6.07) is 10.0.